The van der Waals surface area contributed by atoms with Crippen LogP contribution in [0.15, 0.2) is 24.4 Å². The van der Waals surface area contributed by atoms with Gasteiger partial charge in [0.05, 0.1) is 12.8 Å². The molecule has 3 rings (SSSR count). The van der Waals surface area contributed by atoms with E-state index in [4.69, 9.17) is 4.74 Å². The Labute approximate surface area is 101 Å². The van der Waals surface area contributed by atoms with Crippen LogP contribution in [0.5, 0.6) is 5.88 Å². The quantitative estimate of drug-likeness (QED) is 0.870. The molecule has 2 aromatic heterocycles. The lowest BCUT2D eigenvalue weighted by Crippen LogP contribution is -2.10. The van der Waals surface area contributed by atoms with E-state index >= 15 is 0 Å². The van der Waals surface area contributed by atoms with Crippen molar-refractivity contribution in [2.45, 2.75) is 12.8 Å². The molecule has 1 aliphatic rings. The number of methoxy groups -OCH3 is 1. The summed E-state index contributed by atoms with van der Waals surface area (Å²) in [4.78, 5) is 4.64. The zero-order valence-electron chi connectivity index (χ0n) is 10.0. The summed E-state index contributed by atoms with van der Waals surface area (Å²) >= 11 is 0. The molecule has 1 N–H and O–H groups in total. The molecule has 0 spiro atoms. The van der Waals surface area contributed by atoms with Crippen molar-refractivity contribution in [3.63, 3.8) is 0 Å². The second kappa shape index (κ2) is 4.37. The Morgan fingerprint density at radius 3 is 3.24 bits per heavy atom. The van der Waals surface area contributed by atoms with E-state index < -0.39 is 0 Å². The Hall–Kier alpha value is -1.55. The molecule has 0 bridgehead atoms. The van der Waals surface area contributed by atoms with E-state index in [-0.39, 0.29) is 0 Å². The number of nitrogens with one attached hydrogen (secondary N) is 1. The molecule has 1 aliphatic heterocycles. The van der Waals surface area contributed by atoms with Crippen molar-refractivity contribution in [1.82, 2.24) is 14.7 Å². The van der Waals surface area contributed by atoms with Gasteiger partial charge in [0.1, 0.15) is 5.65 Å². The minimum absolute atomic E-state index is 0.728. The van der Waals surface area contributed by atoms with Gasteiger partial charge in [-0.1, -0.05) is 6.07 Å². The Kier molecular flexibility index (Phi) is 2.73. The number of fused-ring (bicyclic) bond motifs is 1. The van der Waals surface area contributed by atoms with Gasteiger partial charge in [0, 0.05) is 6.20 Å². The Morgan fingerprint density at radius 1 is 1.53 bits per heavy atom. The molecule has 90 valence electrons. The van der Waals surface area contributed by atoms with Crippen LogP contribution in [0, 0.1) is 5.92 Å². The minimum Gasteiger partial charge on any atom is -0.482 e. The monoisotopic (exact) mass is 231 g/mol. The van der Waals surface area contributed by atoms with Gasteiger partial charge in [-0.15, -0.1) is 0 Å². The van der Waals surface area contributed by atoms with E-state index in [1.54, 1.807) is 7.11 Å². The smallest absolute Gasteiger partial charge is 0.198 e. The highest BCUT2D eigenvalue weighted by molar-refractivity contribution is 5.43. The number of hydrogen-bond acceptors (Lipinski definition) is 3. The SMILES string of the molecule is COc1cccc2nc(CC3CCNC3)cn12. The van der Waals surface area contributed by atoms with Crippen molar-refractivity contribution in [2.24, 2.45) is 5.92 Å². The first-order chi connectivity index (χ1) is 8.36. The van der Waals surface area contributed by atoms with E-state index in [0.29, 0.717) is 0 Å². The van der Waals surface area contributed by atoms with Crippen molar-refractivity contribution < 1.29 is 4.74 Å². The third-order valence-electron chi connectivity index (χ3n) is 3.37. The maximum atomic E-state index is 5.32. The van der Waals surface area contributed by atoms with Gasteiger partial charge >= 0.3 is 0 Å². The van der Waals surface area contributed by atoms with Crippen LogP contribution >= 0.6 is 0 Å². The molecule has 17 heavy (non-hydrogen) atoms. The van der Waals surface area contributed by atoms with Gasteiger partial charge in [0.2, 0.25) is 0 Å². The van der Waals surface area contributed by atoms with E-state index in [1.165, 1.54) is 6.42 Å². The van der Waals surface area contributed by atoms with Crippen LogP contribution in [0.3, 0.4) is 0 Å². The topological polar surface area (TPSA) is 38.6 Å². The van der Waals surface area contributed by atoms with Crippen molar-refractivity contribution in [2.75, 3.05) is 20.2 Å². The predicted molar refractivity (Wildman–Crippen MR) is 66.4 cm³/mol. The number of imidazole rings is 1. The second-order valence-corrected chi connectivity index (χ2v) is 4.59. The molecule has 1 saturated heterocycles. The molecular formula is C13H17N3O. The van der Waals surface area contributed by atoms with Gasteiger partial charge in [-0.25, -0.2) is 4.98 Å². The molecule has 4 nitrogen and oxygen atoms in total. The van der Waals surface area contributed by atoms with Crippen molar-refractivity contribution in [3.8, 4) is 5.88 Å². The van der Waals surface area contributed by atoms with Gasteiger partial charge in [-0.05, 0) is 44.0 Å². The lowest BCUT2D eigenvalue weighted by Gasteiger charge is -2.03. The summed E-state index contributed by atoms with van der Waals surface area (Å²) in [6, 6.07) is 5.94. The molecule has 1 atom stereocenters. The van der Waals surface area contributed by atoms with Gasteiger partial charge < -0.3 is 10.1 Å². The molecule has 1 fully saturated rings. The molecule has 3 heterocycles. The summed E-state index contributed by atoms with van der Waals surface area (Å²) in [6.45, 7) is 2.26. The van der Waals surface area contributed by atoms with Crippen molar-refractivity contribution in [1.29, 1.82) is 0 Å². The first-order valence-corrected chi connectivity index (χ1v) is 6.08. The van der Waals surface area contributed by atoms with Crippen molar-refractivity contribution in [3.05, 3.63) is 30.1 Å². The lowest BCUT2D eigenvalue weighted by atomic mass is 10.0. The van der Waals surface area contributed by atoms with Crippen LogP contribution in [-0.4, -0.2) is 29.6 Å². The Balaban J connectivity index is 1.90. The summed E-state index contributed by atoms with van der Waals surface area (Å²) in [6.07, 6.45) is 4.40. The third kappa shape index (κ3) is 2.00. The fourth-order valence-electron chi connectivity index (χ4n) is 2.49. The summed E-state index contributed by atoms with van der Waals surface area (Å²) in [5, 5.41) is 3.39. The van der Waals surface area contributed by atoms with E-state index in [9.17, 15) is 0 Å². The second-order valence-electron chi connectivity index (χ2n) is 4.59. The van der Waals surface area contributed by atoms with Gasteiger partial charge in [-0.2, -0.15) is 0 Å². The summed E-state index contributed by atoms with van der Waals surface area (Å²) in [5.41, 5.74) is 2.12. The average molecular weight is 231 g/mol. The molecular weight excluding hydrogens is 214 g/mol. The molecule has 0 amide bonds. The average Bonchev–Trinajstić information content (AvgIpc) is 2.97. The summed E-state index contributed by atoms with van der Waals surface area (Å²) in [5.74, 6) is 1.57. The zero-order valence-corrected chi connectivity index (χ0v) is 10.0. The standard InChI is InChI=1S/C13H17N3O/c1-17-13-4-2-3-12-15-11(9-16(12)13)7-10-5-6-14-8-10/h2-4,9-10,14H,5-8H2,1H3. The van der Waals surface area contributed by atoms with Crippen LogP contribution in [0.25, 0.3) is 5.65 Å². The van der Waals surface area contributed by atoms with Gasteiger partial charge in [0.25, 0.3) is 0 Å². The first-order valence-electron chi connectivity index (χ1n) is 6.08. The number of aromatic nitrogens is 2. The van der Waals surface area contributed by atoms with Gasteiger partial charge in [-0.3, -0.25) is 4.40 Å². The maximum Gasteiger partial charge on any atom is 0.198 e. The van der Waals surface area contributed by atoms with Crippen LogP contribution in [0.1, 0.15) is 12.1 Å². The Morgan fingerprint density at radius 2 is 2.47 bits per heavy atom. The highest BCUT2D eigenvalue weighted by Gasteiger charge is 2.16. The normalized spacial score (nSPS) is 19.9. The molecule has 1 unspecified atom stereocenters. The highest BCUT2D eigenvalue weighted by atomic mass is 16.5. The first kappa shape index (κ1) is 10.6. The maximum absolute atomic E-state index is 5.32. The molecule has 0 aliphatic carbocycles. The van der Waals surface area contributed by atoms with E-state index in [0.717, 1.165) is 42.6 Å². The van der Waals surface area contributed by atoms with Crippen LogP contribution in [0.4, 0.5) is 0 Å². The number of pyridine rings is 1. The number of hydrogen-bond donors (Lipinski definition) is 1. The molecule has 4 heteroatoms. The molecule has 0 aromatic carbocycles. The zero-order chi connectivity index (χ0) is 11.7. The highest BCUT2D eigenvalue weighted by Crippen LogP contribution is 2.19. The summed E-state index contributed by atoms with van der Waals surface area (Å²) < 4.78 is 7.33. The lowest BCUT2D eigenvalue weighted by molar-refractivity contribution is 0.392. The Bertz CT molecular complexity index is 514. The third-order valence-corrected chi connectivity index (χ3v) is 3.37. The number of ether oxygens (including phenoxy) is 1. The van der Waals surface area contributed by atoms with Gasteiger partial charge in [0.15, 0.2) is 5.88 Å². The van der Waals surface area contributed by atoms with Crippen LogP contribution < -0.4 is 10.1 Å². The van der Waals surface area contributed by atoms with Crippen LogP contribution in [0.2, 0.25) is 0 Å². The van der Waals surface area contributed by atoms with Crippen molar-refractivity contribution >= 4 is 5.65 Å². The van der Waals surface area contributed by atoms with E-state index in [1.807, 2.05) is 22.6 Å². The molecule has 0 saturated carbocycles. The van der Waals surface area contributed by atoms with Crippen LogP contribution in [-0.2, 0) is 6.42 Å². The minimum atomic E-state index is 0.728. The van der Waals surface area contributed by atoms with E-state index in [2.05, 4.69) is 16.5 Å². The molecule has 2 aromatic rings. The molecule has 0 radical (unpaired) electrons. The predicted octanol–water partition coefficient (Wildman–Crippen LogP) is 1.49. The fraction of sp³-hybridized carbons (Fsp3) is 0.462. The summed E-state index contributed by atoms with van der Waals surface area (Å²) in [7, 11) is 1.69. The number of nitrogens with zero attached hydrogens (tertiary/aromatic N) is 2. The number of rotatable bonds is 3. The largest absolute Gasteiger partial charge is 0.482 e. The fourth-order valence-corrected chi connectivity index (χ4v) is 2.49.